The summed E-state index contributed by atoms with van der Waals surface area (Å²) in [5, 5.41) is 0. The van der Waals surface area contributed by atoms with Crippen LogP contribution in [0.1, 0.15) is 47.9 Å². The van der Waals surface area contributed by atoms with Gasteiger partial charge >= 0.3 is 6.09 Å². The molecule has 2 saturated heterocycles. The molecule has 1 spiro atoms. The fourth-order valence-corrected chi connectivity index (χ4v) is 5.06. The Bertz CT molecular complexity index is 832. The molecule has 2 aliphatic heterocycles. The summed E-state index contributed by atoms with van der Waals surface area (Å²) in [6, 6.07) is 2.00. The largest absolute Gasteiger partial charge is 0.450 e. The Balaban J connectivity index is 1.28. The van der Waals surface area contributed by atoms with Crippen LogP contribution in [0.3, 0.4) is 0 Å². The molecule has 0 radical (unpaired) electrons. The van der Waals surface area contributed by atoms with E-state index in [0.29, 0.717) is 51.6 Å². The molecular formula is C22H32N4O4. The van der Waals surface area contributed by atoms with Crippen molar-refractivity contribution in [2.24, 2.45) is 11.3 Å². The molecule has 0 bridgehead atoms. The van der Waals surface area contributed by atoms with E-state index >= 15 is 0 Å². The van der Waals surface area contributed by atoms with E-state index in [4.69, 9.17) is 4.74 Å². The maximum Gasteiger partial charge on any atom is 0.409 e. The van der Waals surface area contributed by atoms with Gasteiger partial charge in [-0.25, -0.2) is 4.79 Å². The minimum absolute atomic E-state index is 0.0623. The van der Waals surface area contributed by atoms with E-state index in [-0.39, 0.29) is 29.2 Å². The first-order valence-corrected chi connectivity index (χ1v) is 11.0. The summed E-state index contributed by atoms with van der Waals surface area (Å²) in [5.41, 5.74) is 2.73. The van der Waals surface area contributed by atoms with Crippen LogP contribution in [0.2, 0.25) is 0 Å². The number of ether oxygens (including phenoxy) is 1. The number of rotatable bonds is 3. The Kier molecular flexibility index (Phi) is 5.51. The summed E-state index contributed by atoms with van der Waals surface area (Å²) < 4.78 is 5.05. The van der Waals surface area contributed by atoms with Crippen LogP contribution in [-0.2, 0) is 9.53 Å². The van der Waals surface area contributed by atoms with Crippen LogP contribution in [0, 0.1) is 25.2 Å². The zero-order chi connectivity index (χ0) is 21.5. The number of aromatic amines is 1. The van der Waals surface area contributed by atoms with Crippen LogP contribution in [0.15, 0.2) is 6.07 Å². The van der Waals surface area contributed by atoms with Crippen molar-refractivity contribution in [2.45, 2.75) is 40.0 Å². The number of aromatic nitrogens is 1. The predicted octanol–water partition coefficient (Wildman–Crippen LogP) is 2.17. The number of carbonyl (C=O) groups is 3. The van der Waals surface area contributed by atoms with Crippen LogP contribution < -0.4 is 0 Å². The predicted molar refractivity (Wildman–Crippen MR) is 111 cm³/mol. The molecule has 3 fully saturated rings. The Morgan fingerprint density at radius 3 is 2.23 bits per heavy atom. The summed E-state index contributed by atoms with van der Waals surface area (Å²) in [6.45, 7) is 9.69. The minimum atomic E-state index is -0.294. The van der Waals surface area contributed by atoms with Crippen LogP contribution >= 0.6 is 0 Å². The van der Waals surface area contributed by atoms with Gasteiger partial charge in [0.05, 0.1) is 6.61 Å². The summed E-state index contributed by atoms with van der Waals surface area (Å²) in [6.07, 6.45) is 2.40. The van der Waals surface area contributed by atoms with E-state index in [1.807, 2.05) is 29.7 Å². The standard InChI is InChI=1S/C22H32N4O4/c1-4-30-21(29)26-11-9-25(10-12-26)19(27)17-14-22(17)5-7-24(8-6-22)20(28)18-15(2)13-16(3)23-18/h13,17,23H,4-12,14H2,1-3H3/t17-/m0/s1. The number of piperidine rings is 1. The van der Waals surface area contributed by atoms with Crippen LogP contribution in [0.25, 0.3) is 0 Å². The first kappa shape index (κ1) is 20.8. The number of likely N-dealkylation sites (tertiary alicyclic amines) is 1. The van der Waals surface area contributed by atoms with Gasteiger partial charge in [-0.2, -0.15) is 0 Å². The second kappa shape index (κ2) is 7.96. The second-order valence-electron chi connectivity index (χ2n) is 8.93. The van der Waals surface area contributed by atoms with Gasteiger partial charge in [-0.1, -0.05) is 0 Å². The van der Waals surface area contributed by atoms with E-state index in [2.05, 4.69) is 4.98 Å². The first-order chi connectivity index (χ1) is 14.3. The molecular weight excluding hydrogens is 384 g/mol. The zero-order valence-corrected chi connectivity index (χ0v) is 18.2. The summed E-state index contributed by atoms with van der Waals surface area (Å²) >= 11 is 0. The Morgan fingerprint density at radius 2 is 1.67 bits per heavy atom. The molecule has 0 aromatic carbocycles. The lowest BCUT2D eigenvalue weighted by Gasteiger charge is -2.36. The van der Waals surface area contributed by atoms with E-state index < -0.39 is 0 Å². The number of hydrogen-bond acceptors (Lipinski definition) is 4. The zero-order valence-electron chi connectivity index (χ0n) is 18.2. The highest BCUT2D eigenvalue weighted by atomic mass is 16.6. The van der Waals surface area contributed by atoms with E-state index in [1.165, 1.54) is 0 Å². The molecule has 8 heteroatoms. The monoisotopic (exact) mass is 416 g/mol. The van der Waals surface area contributed by atoms with Crippen molar-refractivity contribution in [2.75, 3.05) is 45.9 Å². The maximum absolute atomic E-state index is 13.0. The van der Waals surface area contributed by atoms with Crippen molar-refractivity contribution >= 4 is 17.9 Å². The highest BCUT2D eigenvalue weighted by molar-refractivity contribution is 5.94. The Hall–Kier alpha value is -2.51. The average molecular weight is 417 g/mol. The lowest BCUT2D eigenvalue weighted by molar-refractivity contribution is -0.135. The molecule has 1 N–H and O–H groups in total. The van der Waals surface area contributed by atoms with Crippen molar-refractivity contribution in [1.29, 1.82) is 0 Å². The van der Waals surface area contributed by atoms with Gasteiger partial charge < -0.3 is 24.4 Å². The van der Waals surface area contributed by atoms with Gasteiger partial charge in [0.2, 0.25) is 5.91 Å². The smallest absolute Gasteiger partial charge is 0.409 e. The van der Waals surface area contributed by atoms with Crippen molar-refractivity contribution < 1.29 is 19.1 Å². The van der Waals surface area contributed by atoms with E-state index in [9.17, 15) is 14.4 Å². The normalized spacial score (nSPS) is 22.9. The molecule has 30 heavy (non-hydrogen) atoms. The highest BCUT2D eigenvalue weighted by Gasteiger charge is 2.59. The molecule has 8 nitrogen and oxygen atoms in total. The number of carbonyl (C=O) groups excluding carboxylic acids is 3. The third kappa shape index (κ3) is 3.79. The van der Waals surface area contributed by atoms with Gasteiger partial charge in [-0.15, -0.1) is 0 Å². The highest BCUT2D eigenvalue weighted by Crippen LogP contribution is 2.60. The number of nitrogens with one attached hydrogen (secondary N) is 1. The molecule has 3 amide bonds. The van der Waals surface area contributed by atoms with Crippen LogP contribution in [-0.4, -0.2) is 83.5 Å². The number of aryl methyl sites for hydroxylation is 2. The van der Waals surface area contributed by atoms with Gasteiger partial charge in [0.1, 0.15) is 5.69 Å². The van der Waals surface area contributed by atoms with Gasteiger partial charge in [0.25, 0.3) is 5.91 Å². The van der Waals surface area contributed by atoms with E-state index in [0.717, 1.165) is 30.5 Å². The van der Waals surface area contributed by atoms with Crippen LogP contribution in [0.4, 0.5) is 4.79 Å². The molecule has 1 aliphatic carbocycles. The molecule has 1 atom stereocenters. The lowest BCUT2D eigenvalue weighted by atomic mass is 9.90. The summed E-state index contributed by atoms with van der Waals surface area (Å²) in [7, 11) is 0. The van der Waals surface area contributed by atoms with Crippen molar-refractivity contribution in [1.82, 2.24) is 19.7 Å². The lowest BCUT2D eigenvalue weighted by Crippen LogP contribution is -2.51. The molecule has 1 saturated carbocycles. The topological polar surface area (TPSA) is 85.9 Å². The molecule has 164 valence electrons. The molecule has 1 aromatic rings. The van der Waals surface area contributed by atoms with Crippen molar-refractivity contribution in [3.63, 3.8) is 0 Å². The first-order valence-electron chi connectivity index (χ1n) is 11.0. The molecule has 3 aliphatic rings. The van der Waals surface area contributed by atoms with Crippen molar-refractivity contribution in [3.05, 3.63) is 23.0 Å². The second-order valence-corrected chi connectivity index (χ2v) is 8.93. The fourth-order valence-electron chi connectivity index (χ4n) is 5.06. The quantitative estimate of drug-likeness (QED) is 0.818. The summed E-state index contributed by atoms with van der Waals surface area (Å²) in [5.74, 6) is 0.349. The number of piperazine rings is 1. The number of hydrogen-bond donors (Lipinski definition) is 1. The molecule has 1 aromatic heterocycles. The number of amides is 3. The summed E-state index contributed by atoms with van der Waals surface area (Å²) in [4.78, 5) is 46.4. The number of nitrogens with zero attached hydrogens (tertiary/aromatic N) is 3. The van der Waals surface area contributed by atoms with Gasteiger partial charge in [0, 0.05) is 50.9 Å². The van der Waals surface area contributed by atoms with Crippen LogP contribution in [0.5, 0.6) is 0 Å². The number of H-pyrrole nitrogens is 1. The fraction of sp³-hybridized carbons (Fsp3) is 0.682. The maximum atomic E-state index is 13.0. The van der Waals surface area contributed by atoms with Gasteiger partial charge in [0.15, 0.2) is 0 Å². The third-order valence-electron chi connectivity index (χ3n) is 7.01. The molecule has 4 rings (SSSR count). The third-order valence-corrected chi connectivity index (χ3v) is 7.01. The van der Waals surface area contributed by atoms with Gasteiger partial charge in [-0.05, 0) is 57.1 Å². The Labute approximate surface area is 177 Å². The molecule has 3 heterocycles. The van der Waals surface area contributed by atoms with Gasteiger partial charge in [-0.3, -0.25) is 9.59 Å². The Morgan fingerprint density at radius 1 is 1.03 bits per heavy atom. The minimum Gasteiger partial charge on any atom is -0.450 e. The van der Waals surface area contributed by atoms with Crippen molar-refractivity contribution in [3.8, 4) is 0 Å². The average Bonchev–Trinajstić information content (AvgIpc) is 3.33. The SMILES string of the molecule is CCOC(=O)N1CCN(C(=O)[C@@H]2CC23CCN(C(=O)c2[nH]c(C)cc2C)CC3)CC1. The van der Waals surface area contributed by atoms with E-state index in [1.54, 1.807) is 11.8 Å². The molecule has 0 unspecified atom stereocenters.